The maximum Gasteiger partial charge on any atom is 0.493 e. The second-order valence-corrected chi connectivity index (χ2v) is 0.799. The van der Waals surface area contributed by atoms with Gasteiger partial charge in [-0.25, -0.2) is 0 Å². The van der Waals surface area contributed by atoms with Gasteiger partial charge in [-0.1, -0.05) is 0 Å². The quantitative estimate of drug-likeness (QED) is 0.404. The van der Waals surface area contributed by atoms with Gasteiger partial charge in [0.2, 0.25) is 0 Å². The first-order valence-electron chi connectivity index (χ1n) is 1.01. The summed E-state index contributed by atoms with van der Waals surface area (Å²) < 4.78 is 34.5. The standard InChI is InChI=1S/CF3O.Al.2H2O/c2-1(3,4)5;;;/h;;2*1H2/q-1;+1;;. The zero-order valence-electron chi connectivity index (χ0n) is 3.62. The van der Waals surface area contributed by atoms with E-state index in [1.54, 1.807) is 0 Å². The SMILES string of the molecule is FC(F)(F)[O][Al].O.O. The predicted octanol–water partition coefficient (Wildman–Crippen LogP) is -1.04. The minimum Gasteiger partial charge on any atom is -0.439 e. The second-order valence-electron chi connectivity index (χ2n) is 0.564. The largest absolute Gasteiger partial charge is 0.493 e. The van der Waals surface area contributed by atoms with Crippen molar-refractivity contribution < 1.29 is 27.9 Å². The molecule has 0 amide bonds. The third-order valence-corrected chi connectivity index (χ3v) is 0.401. The van der Waals surface area contributed by atoms with Crippen LogP contribution in [-0.4, -0.2) is 33.9 Å². The molecule has 0 bridgehead atoms. The molecule has 0 aliphatic rings. The molecule has 0 unspecified atom stereocenters. The maximum atomic E-state index is 10.5. The summed E-state index contributed by atoms with van der Waals surface area (Å²) in [6, 6.07) is 0. The lowest BCUT2D eigenvalue weighted by Crippen LogP contribution is -2.09. The van der Waals surface area contributed by atoms with Crippen LogP contribution in [0.3, 0.4) is 0 Å². The molecule has 0 spiro atoms. The molecule has 2 radical (unpaired) electrons. The van der Waals surface area contributed by atoms with E-state index in [9.17, 15) is 13.2 Å². The Morgan fingerprint density at radius 1 is 1.12 bits per heavy atom. The van der Waals surface area contributed by atoms with Gasteiger partial charge >= 0.3 is 23.0 Å². The fourth-order valence-corrected chi connectivity index (χ4v) is 0. The van der Waals surface area contributed by atoms with E-state index < -0.39 is 6.36 Å². The van der Waals surface area contributed by atoms with E-state index in [1.165, 1.54) is 0 Å². The average molecular weight is 148 g/mol. The summed E-state index contributed by atoms with van der Waals surface area (Å²) in [6.45, 7) is 0. The van der Waals surface area contributed by atoms with Crippen LogP contribution in [-0.2, 0) is 3.79 Å². The first kappa shape index (κ1) is 15.7. The first-order chi connectivity index (χ1) is 2.56. The van der Waals surface area contributed by atoms with Crippen LogP contribution in [0.25, 0.3) is 0 Å². The maximum absolute atomic E-state index is 10.5. The molecule has 0 aliphatic heterocycles. The van der Waals surface area contributed by atoms with Crippen molar-refractivity contribution in [3.63, 3.8) is 0 Å². The number of hydrogen-bond donors (Lipinski definition) is 0. The minimum absolute atomic E-state index is 0. The van der Waals surface area contributed by atoms with Crippen LogP contribution in [0.4, 0.5) is 13.2 Å². The van der Waals surface area contributed by atoms with Crippen molar-refractivity contribution in [3.8, 4) is 0 Å². The van der Waals surface area contributed by atoms with Gasteiger partial charge in [-0.15, -0.1) is 13.2 Å². The van der Waals surface area contributed by atoms with Crippen LogP contribution in [0.1, 0.15) is 0 Å². The highest BCUT2D eigenvalue weighted by Crippen LogP contribution is 2.12. The molecule has 0 fully saturated rings. The smallest absolute Gasteiger partial charge is 0.439 e. The Balaban J connectivity index is -0.000000125. The summed E-state index contributed by atoms with van der Waals surface area (Å²) in [5.74, 6) is 0. The van der Waals surface area contributed by atoms with Gasteiger partial charge in [-0.3, -0.25) is 0 Å². The number of halogens is 3. The highest BCUT2D eigenvalue weighted by molar-refractivity contribution is 5.98. The molecule has 3 nitrogen and oxygen atoms in total. The van der Waals surface area contributed by atoms with Crippen molar-refractivity contribution >= 4 is 16.6 Å². The van der Waals surface area contributed by atoms with Crippen molar-refractivity contribution in [1.29, 1.82) is 0 Å². The number of rotatable bonds is 0. The Labute approximate surface area is 51.8 Å². The van der Waals surface area contributed by atoms with Crippen LogP contribution in [0.2, 0.25) is 0 Å². The third-order valence-electron chi connectivity index (χ3n) is 0.134. The van der Waals surface area contributed by atoms with Gasteiger partial charge in [0.25, 0.3) is 0 Å². The summed E-state index contributed by atoms with van der Waals surface area (Å²) in [6.07, 6.45) is -4.50. The molecule has 0 aliphatic carbocycles. The van der Waals surface area contributed by atoms with Crippen molar-refractivity contribution in [2.24, 2.45) is 0 Å². The van der Waals surface area contributed by atoms with Crippen LogP contribution in [0.5, 0.6) is 0 Å². The van der Waals surface area contributed by atoms with Gasteiger partial charge in [0, 0.05) is 0 Å². The van der Waals surface area contributed by atoms with Crippen molar-refractivity contribution in [2.75, 3.05) is 0 Å². The van der Waals surface area contributed by atoms with Crippen molar-refractivity contribution in [2.45, 2.75) is 6.36 Å². The Kier molecular flexibility index (Phi) is 10.5. The molecule has 0 aromatic rings. The Bertz CT molecular complexity index is 44.3. The van der Waals surface area contributed by atoms with E-state index in [-0.39, 0.29) is 11.0 Å². The van der Waals surface area contributed by atoms with Gasteiger partial charge in [0.1, 0.15) is 0 Å². The van der Waals surface area contributed by atoms with Crippen LogP contribution < -0.4 is 0 Å². The zero-order valence-corrected chi connectivity index (χ0v) is 4.77. The van der Waals surface area contributed by atoms with Gasteiger partial charge in [0.05, 0.1) is 0 Å². The fraction of sp³-hybridized carbons (Fsp3) is 1.00. The van der Waals surface area contributed by atoms with Crippen molar-refractivity contribution in [3.05, 3.63) is 0 Å². The lowest BCUT2D eigenvalue weighted by atomic mass is 11.4. The summed E-state index contributed by atoms with van der Waals surface area (Å²) in [4.78, 5) is 0. The van der Waals surface area contributed by atoms with E-state index >= 15 is 0 Å². The van der Waals surface area contributed by atoms with Crippen LogP contribution in [0, 0.1) is 0 Å². The van der Waals surface area contributed by atoms with Gasteiger partial charge in [-0.2, -0.15) is 0 Å². The lowest BCUT2D eigenvalue weighted by molar-refractivity contribution is -0.273. The predicted molar refractivity (Wildman–Crippen MR) is 20.1 cm³/mol. The molecular weight excluding hydrogens is 144 g/mol. The fourth-order valence-electron chi connectivity index (χ4n) is 0. The molecule has 0 rings (SSSR count). The molecule has 0 heterocycles. The molecule has 4 N–H and O–H groups in total. The highest BCUT2D eigenvalue weighted by atomic mass is 27.1. The van der Waals surface area contributed by atoms with Crippen molar-refractivity contribution in [1.82, 2.24) is 0 Å². The molecule has 0 aromatic heterocycles. The van der Waals surface area contributed by atoms with Gasteiger partial charge < -0.3 is 14.7 Å². The summed E-state index contributed by atoms with van der Waals surface area (Å²) in [7, 11) is 0. The topological polar surface area (TPSA) is 72.2 Å². The number of alkyl halides is 3. The first-order valence-corrected chi connectivity index (χ1v) is 1.48. The molecule has 8 heavy (non-hydrogen) atoms. The van der Waals surface area contributed by atoms with Gasteiger partial charge in [0.15, 0.2) is 0 Å². The molecule has 0 saturated carbocycles. The Morgan fingerprint density at radius 2 is 1.25 bits per heavy atom. The minimum atomic E-state index is -4.50. The number of hydrogen-bond acceptors (Lipinski definition) is 1. The Hall–Kier alpha value is 0.202. The van der Waals surface area contributed by atoms with Gasteiger partial charge in [-0.05, 0) is 0 Å². The van der Waals surface area contributed by atoms with E-state index in [0.717, 1.165) is 16.6 Å². The van der Waals surface area contributed by atoms with E-state index in [1.807, 2.05) is 0 Å². The summed E-state index contributed by atoms with van der Waals surface area (Å²) in [5, 5.41) is 0. The molecular formula is CH4AlF3O3. The molecule has 0 saturated heterocycles. The van der Waals surface area contributed by atoms with E-state index in [0.29, 0.717) is 0 Å². The monoisotopic (exact) mass is 148 g/mol. The average Bonchev–Trinajstić information content (AvgIpc) is 1.35. The molecule has 50 valence electrons. The molecule has 0 atom stereocenters. The molecule has 0 aromatic carbocycles. The Morgan fingerprint density at radius 3 is 1.25 bits per heavy atom. The lowest BCUT2D eigenvalue weighted by Gasteiger charge is -2.00. The second kappa shape index (κ2) is 5.34. The summed E-state index contributed by atoms with van der Waals surface area (Å²) >= 11 is 1.10. The third kappa shape index (κ3) is 16.4. The van der Waals surface area contributed by atoms with Crippen LogP contribution >= 0.6 is 0 Å². The van der Waals surface area contributed by atoms with Crippen LogP contribution in [0.15, 0.2) is 0 Å². The zero-order chi connectivity index (χ0) is 5.21. The van der Waals surface area contributed by atoms with E-state index in [4.69, 9.17) is 0 Å². The molecule has 7 heteroatoms. The highest BCUT2D eigenvalue weighted by Gasteiger charge is 2.23. The summed E-state index contributed by atoms with van der Waals surface area (Å²) in [5.41, 5.74) is 0. The van der Waals surface area contributed by atoms with E-state index in [2.05, 4.69) is 3.79 Å². The normalized spacial score (nSPS) is 8.88.